The molecular weight excluding hydrogens is 362 g/mol. The fourth-order valence-corrected chi connectivity index (χ4v) is 3.32. The third kappa shape index (κ3) is 3.26. The Morgan fingerprint density at radius 3 is 2.29 bits per heavy atom. The number of carboxylic acids is 1. The summed E-state index contributed by atoms with van der Waals surface area (Å²) in [6.45, 7) is 1.74. The Hall–Kier alpha value is -3.48. The number of fused-ring (bicyclic) bond motifs is 1. The molecule has 0 aliphatic carbocycles. The normalized spacial score (nSPS) is 10.7. The van der Waals surface area contributed by atoms with Crippen LogP contribution in [0.4, 0.5) is 0 Å². The van der Waals surface area contributed by atoms with Gasteiger partial charge in [0.2, 0.25) is 0 Å². The van der Waals surface area contributed by atoms with Crippen LogP contribution in [-0.4, -0.2) is 42.9 Å². The minimum atomic E-state index is -0.969. The van der Waals surface area contributed by atoms with E-state index >= 15 is 0 Å². The maximum Gasteiger partial charge on any atom is 0.307 e. The third-order valence-electron chi connectivity index (χ3n) is 4.70. The van der Waals surface area contributed by atoms with Crippen LogP contribution in [0, 0.1) is 6.92 Å². The van der Waals surface area contributed by atoms with E-state index in [-0.39, 0.29) is 12.3 Å². The quantitative estimate of drug-likeness (QED) is 0.703. The molecule has 0 radical (unpaired) electrons. The van der Waals surface area contributed by atoms with Gasteiger partial charge in [0.05, 0.1) is 33.3 Å². The highest BCUT2D eigenvalue weighted by Crippen LogP contribution is 2.32. The number of hydrogen-bond acceptors (Lipinski definition) is 5. The van der Waals surface area contributed by atoms with Crippen molar-refractivity contribution in [2.45, 2.75) is 13.3 Å². The van der Waals surface area contributed by atoms with E-state index in [9.17, 15) is 14.7 Å². The average Bonchev–Trinajstić information content (AvgIpc) is 2.97. The minimum Gasteiger partial charge on any atom is -0.497 e. The maximum absolute atomic E-state index is 13.3. The molecule has 0 saturated heterocycles. The van der Waals surface area contributed by atoms with Crippen molar-refractivity contribution in [1.82, 2.24) is 4.57 Å². The molecule has 1 heterocycles. The molecule has 0 unspecified atom stereocenters. The van der Waals surface area contributed by atoms with Gasteiger partial charge in [-0.3, -0.25) is 14.2 Å². The first-order valence-corrected chi connectivity index (χ1v) is 8.57. The predicted octanol–water partition coefficient (Wildman–Crippen LogP) is 3.29. The molecule has 28 heavy (non-hydrogen) atoms. The van der Waals surface area contributed by atoms with Gasteiger partial charge in [0.1, 0.15) is 5.75 Å². The second-order valence-corrected chi connectivity index (χ2v) is 6.23. The average molecular weight is 383 g/mol. The van der Waals surface area contributed by atoms with E-state index in [1.807, 2.05) is 0 Å². The van der Waals surface area contributed by atoms with Crippen LogP contribution in [0.2, 0.25) is 0 Å². The molecular formula is C21H21NO6. The predicted molar refractivity (Wildman–Crippen MR) is 104 cm³/mol. The van der Waals surface area contributed by atoms with Gasteiger partial charge in [0.15, 0.2) is 11.5 Å². The summed E-state index contributed by atoms with van der Waals surface area (Å²) >= 11 is 0. The Morgan fingerprint density at radius 1 is 0.964 bits per heavy atom. The van der Waals surface area contributed by atoms with E-state index in [0.29, 0.717) is 45.0 Å². The summed E-state index contributed by atoms with van der Waals surface area (Å²) in [6.07, 6.45) is -0.193. The number of aliphatic carboxylic acids is 1. The van der Waals surface area contributed by atoms with E-state index in [1.165, 1.54) is 25.9 Å². The van der Waals surface area contributed by atoms with Crippen molar-refractivity contribution in [2.24, 2.45) is 0 Å². The van der Waals surface area contributed by atoms with Gasteiger partial charge in [-0.2, -0.15) is 0 Å². The Bertz CT molecular complexity index is 1070. The van der Waals surface area contributed by atoms with Crippen molar-refractivity contribution in [2.75, 3.05) is 21.3 Å². The number of nitrogens with zero attached hydrogens (tertiary/aromatic N) is 1. The summed E-state index contributed by atoms with van der Waals surface area (Å²) in [6, 6.07) is 10.2. The number of carbonyl (C=O) groups excluding carboxylic acids is 1. The van der Waals surface area contributed by atoms with Crippen LogP contribution >= 0.6 is 0 Å². The third-order valence-corrected chi connectivity index (χ3v) is 4.70. The molecule has 0 atom stereocenters. The van der Waals surface area contributed by atoms with Gasteiger partial charge in [-0.05, 0) is 48.9 Å². The van der Waals surface area contributed by atoms with E-state index in [4.69, 9.17) is 14.2 Å². The molecule has 3 aromatic rings. The van der Waals surface area contributed by atoms with E-state index in [1.54, 1.807) is 43.3 Å². The summed E-state index contributed by atoms with van der Waals surface area (Å²) < 4.78 is 17.3. The highest BCUT2D eigenvalue weighted by molar-refractivity contribution is 6.05. The standard InChI is InChI=1S/C21H21NO6/c1-12-15(11-20(23)24)16-10-14(26-2)6-7-17(16)22(12)21(25)13-5-8-18(27-3)19(9-13)28-4/h5-10H,11H2,1-4H3,(H,23,24). The number of rotatable bonds is 6. The second-order valence-electron chi connectivity index (χ2n) is 6.23. The second kappa shape index (κ2) is 7.64. The van der Waals surface area contributed by atoms with Crippen LogP contribution in [0.1, 0.15) is 21.6 Å². The lowest BCUT2D eigenvalue weighted by molar-refractivity contribution is -0.136. The van der Waals surface area contributed by atoms with Crippen molar-refractivity contribution in [3.8, 4) is 17.2 Å². The molecule has 0 aliphatic rings. The van der Waals surface area contributed by atoms with Crippen molar-refractivity contribution >= 4 is 22.8 Å². The lowest BCUT2D eigenvalue weighted by atomic mass is 10.1. The number of carbonyl (C=O) groups is 2. The van der Waals surface area contributed by atoms with Gasteiger partial charge >= 0.3 is 5.97 Å². The van der Waals surface area contributed by atoms with Gasteiger partial charge in [-0.15, -0.1) is 0 Å². The molecule has 7 nitrogen and oxygen atoms in total. The SMILES string of the molecule is COc1ccc2c(c1)c(CC(=O)O)c(C)n2C(=O)c1ccc(OC)c(OC)c1. The number of aromatic nitrogens is 1. The molecule has 1 aromatic heterocycles. The van der Waals surface area contributed by atoms with E-state index in [2.05, 4.69) is 0 Å². The smallest absolute Gasteiger partial charge is 0.307 e. The van der Waals surface area contributed by atoms with Crippen LogP contribution in [0.25, 0.3) is 10.9 Å². The molecule has 2 aromatic carbocycles. The van der Waals surface area contributed by atoms with Crippen molar-refractivity contribution in [1.29, 1.82) is 0 Å². The van der Waals surface area contributed by atoms with Crippen LogP contribution in [0.5, 0.6) is 17.2 Å². The van der Waals surface area contributed by atoms with Gasteiger partial charge in [0, 0.05) is 16.6 Å². The van der Waals surface area contributed by atoms with Gasteiger partial charge < -0.3 is 19.3 Å². The van der Waals surface area contributed by atoms with Crippen LogP contribution < -0.4 is 14.2 Å². The summed E-state index contributed by atoms with van der Waals surface area (Å²) in [5, 5.41) is 9.99. The lowest BCUT2D eigenvalue weighted by Crippen LogP contribution is -2.14. The van der Waals surface area contributed by atoms with Gasteiger partial charge in [0.25, 0.3) is 5.91 Å². The first kappa shape index (κ1) is 19.3. The summed E-state index contributed by atoms with van der Waals surface area (Å²) in [5.74, 6) is 0.294. The highest BCUT2D eigenvalue weighted by Gasteiger charge is 2.22. The summed E-state index contributed by atoms with van der Waals surface area (Å²) in [4.78, 5) is 24.7. The number of methoxy groups -OCH3 is 3. The fraction of sp³-hybridized carbons (Fsp3) is 0.238. The Labute approximate surface area is 162 Å². The monoisotopic (exact) mass is 383 g/mol. The summed E-state index contributed by atoms with van der Waals surface area (Å²) in [7, 11) is 4.56. The first-order valence-electron chi connectivity index (χ1n) is 8.57. The van der Waals surface area contributed by atoms with Crippen molar-refractivity contribution in [3.63, 3.8) is 0 Å². The minimum absolute atomic E-state index is 0.193. The number of ether oxygens (including phenoxy) is 3. The first-order chi connectivity index (χ1) is 13.4. The molecule has 7 heteroatoms. The van der Waals surface area contributed by atoms with Crippen molar-refractivity contribution < 1.29 is 28.9 Å². The molecule has 3 rings (SSSR count). The molecule has 0 bridgehead atoms. The highest BCUT2D eigenvalue weighted by atomic mass is 16.5. The van der Waals surface area contributed by atoms with Crippen molar-refractivity contribution in [3.05, 3.63) is 53.2 Å². The molecule has 0 saturated carbocycles. The molecule has 0 fully saturated rings. The zero-order chi connectivity index (χ0) is 20.4. The van der Waals surface area contributed by atoms with E-state index < -0.39 is 5.97 Å². The van der Waals surface area contributed by atoms with Gasteiger partial charge in [-0.25, -0.2) is 0 Å². The van der Waals surface area contributed by atoms with Crippen LogP contribution in [-0.2, 0) is 11.2 Å². The summed E-state index contributed by atoms with van der Waals surface area (Å²) in [5.41, 5.74) is 2.17. The number of hydrogen-bond donors (Lipinski definition) is 1. The van der Waals surface area contributed by atoms with E-state index in [0.717, 1.165) is 0 Å². The zero-order valence-electron chi connectivity index (χ0n) is 16.1. The fourth-order valence-electron chi connectivity index (χ4n) is 3.32. The Morgan fingerprint density at radius 2 is 1.68 bits per heavy atom. The maximum atomic E-state index is 13.3. The lowest BCUT2D eigenvalue weighted by Gasteiger charge is -2.11. The number of benzene rings is 2. The Kier molecular flexibility index (Phi) is 5.26. The topological polar surface area (TPSA) is 87.0 Å². The van der Waals surface area contributed by atoms with Crippen LogP contribution in [0.3, 0.4) is 0 Å². The molecule has 0 amide bonds. The molecule has 146 valence electrons. The molecule has 1 N–H and O–H groups in total. The largest absolute Gasteiger partial charge is 0.497 e. The molecule has 0 spiro atoms. The van der Waals surface area contributed by atoms with Crippen LogP contribution in [0.15, 0.2) is 36.4 Å². The van der Waals surface area contributed by atoms with Gasteiger partial charge in [-0.1, -0.05) is 0 Å². The Balaban J connectivity index is 2.21. The molecule has 0 aliphatic heterocycles. The number of carboxylic acid groups (broad SMARTS) is 1. The zero-order valence-corrected chi connectivity index (χ0v) is 16.1.